The van der Waals surface area contributed by atoms with Crippen molar-refractivity contribution >= 4 is 17.0 Å². The van der Waals surface area contributed by atoms with E-state index in [0.29, 0.717) is 40.5 Å². The molecule has 30 heavy (non-hydrogen) atoms. The number of nitrogens with zero attached hydrogens (tertiary/aromatic N) is 3. The van der Waals surface area contributed by atoms with Crippen LogP contribution in [0, 0.1) is 5.82 Å². The summed E-state index contributed by atoms with van der Waals surface area (Å²) in [6.07, 6.45) is -0.145. The number of benzene rings is 1. The van der Waals surface area contributed by atoms with Crippen molar-refractivity contribution in [2.75, 3.05) is 11.9 Å². The number of hydrogen-bond acceptors (Lipinski definition) is 7. The molecule has 4 N–H and O–H groups in total. The van der Waals surface area contributed by atoms with Crippen molar-refractivity contribution in [2.24, 2.45) is 12.8 Å². The molecule has 3 heterocycles. The number of alkyl halides is 1. The molecule has 1 unspecified atom stereocenters. The molecule has 10 heteroatoms. The Kier molecular flexibility index (Phi) is 6.09. The summed E-state index contributed by atoms with van der Waals surface area (Å²) in [6.45, 7) is -0.0862. The topological polar surface area (TPSA) is 98.2 Å². The minimum atomic E-state index is -1.21. The van der Waals surface area contributed by atoms with E-state index in [1.165, 1.54) is 17.4 Å². The number of nitrogens with one attached hydrogen (secondary N) is 1. The number of anilines is 1. The van der Waals surface area contributed by atoms with E-state index in [0.717, 1.165) is 0 Å². The molecule has 0 saturated carbocycles. The highest BCUT2D eigenvalue weighted by Gasteiger charge is 2.30. The first-order chi connectivity index (χ1) is 14.4. The number of aryl methyl sites for hydroxylation is 1. The highest BCUT2D eigenvalue weighted by Crippen LogP contribution is 2.34. The van der Waals surface area contributed by atoms with Gasteiger partial charge in [0, 0.05) is 24.0 Å². The van der Waals surface area contributed by atoms with Gasteiger partial charge in [0.1, 0.15) is 28.8 Å². The van der Waals surface area contributed by atoms with Gasteiger partial charge in [0.2, 0.25) is 0 Å². The minimum Gasteiger partial charge on any atom is -0.369 e. The lowest BCUT2D eigenvalue weighted by atomic mass is 10.0. The molecular weight excluding hydrogens is 412 g/mol. The number of rotatable bonds is 5. The second kappa shape index (κ2) is 8.76. The van der Waals surface area contributed by atoms with Crippen molar-refractivity contribution in [3.05, 3.63) is 53.0 Å². The second-order valence-electron chi connectivity index (χ2n) is 7.25. The summed E-state index contributed by atoms with van der Waals surface area (Å²) >= 11 is 1.24. The van der Waals surface area contributed by atoms with Gasteiger partial charge in [-0.25, -0.2) is 13.8 Å². The zero-order valence-electron chi connectivity index (χ0n) is 16.3. The monoisotopic (exact) mass is 435 g/mol. The van der Waals surface area contributed by atoms with Crippen LogP contribution in [0.5, 0.6) is 0 Å². The first-order valence-electron chi connectivity index (χ1n) is 9.62. The van der Waals surface area contributed by atoms with Crippen LogP contribution in [-0.4, -0.2) is 38.7 Å². The van der Waals surface area contributed by atoms with E-state index in [1.54, 1.807) is 41.5 Å². The molecule has 1 aliphatic rings. The van der Waals surface area contributed by atoms with Gasteiger partial charge in [-0.05, 0) is 25.0 Å². The van der Waals surface area contributed by atoms with E-state index in [-0.39, 0.29) is 12.4 Å². The van der Waals surface area contributed by atoms with Crippen molar-refractivity contribution < 1.29 is 18.6 Å². The van der Waals surface area contributed by atoms with Crippen molar-refractivity contribution in [2.45, 2.75) is 37.4 Å². The summed E-state index contributed by atoms with van der Waals surface area (Å²) in [5.74, 6) is -0.370. The molecule has 0 spiro atoms. The van der Waals surface area contributed by atoms with E-state index in [1.807, 2.05) is 0 Å². The van der Waals surface area contributed by atoms with E-state index in [4.69, 9.17) is 10.5 Å². The number of aliphatic hydroxyl groups is 1. The third-order valence-electron chi connectivity index (χ3n) is 5.17. The minimum absolute atomic E-state index is 0.0862. The Morgan fingerprint density at radius 1 is 1.37 bits per heavy atom. The number of aromatic nitrogens is 3. The molecule has 4 atom stereocenters. The molecule has 3 aromatic rings. The van der Waals surface area contributed by atoms with Gasteiger partial charge in [-0.1, -0.05) is 12.1 Å². The first kappa shape index (κ1) is 20.9. The molecule has 4 rings (SSSR count). The van der Waals surface area contributed by atoms with Gasteiger partial charge < -0.3 is 20.9 Å². The maximum atomic E-state index is 14.0. The maximum Gasteiger partial charge on any atom is 0.169 e. The highest BCUT2D eigenvalue weighted by molar-refractivity contribution is 7.13. The van der Waals surface area contributed by atoms with Gasteiger partial charge in [-0.15, -0.1) is 11.3 Å². The lowest BCUT2D eigenvalue weighted by molar-refractivity contribution is 0.0246. The lowest BCUT2D eigenvalue weighted by Crippen LogP contribution is -2.32. The molecule has 1 aliphatic heterocycles. The smallest absolute Gasteiger partial charge is 0.169 e. The molecule has 0 aliphatic carbocycles. The Hall–Kier alpha value is -2.40. The zero-order valence-corrected chi connectivity index (χ0v) is 17.1. The van der Waals surface area contributed by atoms with Gasteiger partial charge in [0.05, 0.1) is 24.2 Å². The van der Waals surface area contributed by atoms with Crippen LogP contribution in [0.25, 0.3) is 10.6 Å². The lowest BCUT2D eigenvalue weighted by Gasteiger charge is -2.19. The summed E-state index contributed by atoms with van der Waals surface area (Å²) in [5.41, 5.74) is 7.82. The Balaban J connectivity index is 1.52. The van der Waals surface area contributed by atoms with E-state index in [2.05, 4.69) is 15.4 Å². The van der Waals surface area contributed by atoms with E-state index in [9.17, 15) is 13.9 Å². The second-order valence-corrected chi connectivity index (χ2v) is 8.11. The molecule has 160 valence electrons. The molecule has 0 amide bonds. The van der Waals surface area contributed by atoms with Gasteiger partial charge >= 0.3 is 0 Å². The molecule has 1 fully saturated rings. The summed E-state index contributed by atoms with van der Waals surface area (Å²) < 4.78 is 35.3. The third kappa shape index (κ3) is 4.22. The van der Waals surface area contributed by atoms with Crippen LogP contribution in [0.15, 0.2) is 35.8 Å². The quantitative estimate of drug-likeness (QED) is 0.532. The Labute approximate surface area is 176 Å². The molecule has 1 aromatic carbocycles. The number of aliphatic hydroxyl groups excluding tert-OH is 1. The van der Waals surface area contributed by atoms with Crippen LogP contribution in [0.4, 0.5) is 14.5 Å². The van der Waals surface area contributed by atoms with Gasteiger partial charge in [-0.2, -0.15) is 5.10 Å². The van der Waals surface area contributed by atoms with Crippen LogP contribution in [0.1, 0.15) is 36.6 Å². The first-order valence-corrected chi connectivity index (χ1v) is 10.5. The molecule has 0 radical (unpaired) electrons. The fourth-order valence-electron chi connectivity index (χ4n) is 3.49. The number of thiazole rings is 1. The maximum absolute atomic E-state index is 14.0. The Bertz CT molecular complexity index is 999. The van der Waals surface area contributed by atoms with Gasteiger partial charge in [0.25, 0.3) is 0 Å². The van der Waals surface area contributed by atoms with E-state index < -0.39 is 24.5 Å². The van der Waals surface area contributed by atoms with Crippen LogP contribution in [0.3, 0.4) is 0 Å². The Morgan fingerprint density at radius 3 is 2.97 bits per heavy atom. The number of nitrogens with two attached hydrogens (primary N) is 1. The van der Waals surface area contributed by atoms with Crippen molar-refractivity contribution in [3.63, 3.8) is 0 Å². The van der Waals surface area contributed by atoms with E-state index >= 15 is 0 Å². The Morgan fingerprint density at radius 2 is 2.17 bits per heavy atom. The van der Waals surface area contributed by atoms with Gasteiger partial charge in [0.15, 0.2) is 6.23 Å². The highest BCUT2D eigenvalue weighted by atomic mass is 32.1. The molecular formula is C20H23F2N5O2S. The fourth-order valence-corrected chi connectivity index (χ4v) is 4.35. The van der Waals surface area contributed by atoms with Crippen LogP contribution in [-0.2, 0) is 11.8 Å². The molecule has 2 aromatic heterocycles. The standard InChI is InChI=1S/C20H23F2N5O2S/c1-27-18(17-7-6-14(23)13(22)9-29-17)15(8-24-27)25-19(28)16-10-30-20(26-16)11-4-2-3-5-12(11)21/h2-5,8,10,13-14,17,19,25,28H,6-7,9,23H2,1H3/t13-,14+,17-,19?/m0/s1. The van der Waals surface area contributed by atoms with Crippen molar-refractivity contribution in [1.29, 1.82) is 0 Å². The van der Waals surface area contributed by atoms with Crippen LogP contribution < -0.4 is 11.1 Å². The fraction of sp³-hybridized carbons (Fsp3) is 0.400. The molecule has 0 bridgehead atoms. The average Bonchev–Trinajstić information content (AvgIpc) is 3.32. The summed E-state index contributed by atoms with van der Waals surface area (Å²) in [4.78, 5) is 4.36. The largest absolute Gasteiger partial charge is 0.369 e. The molecule has 7 nitrogen and oxygen atoms in total. The number of ether oxygens (including phenoxy) is 1. The number of halogens is 2. The normalized spacial score (nSPS) is 23.2. The zero-order chi connectivity index (χ0) is 21.3. The molecule has 1 saturated heterocycles. The summed E-state index contributed by atoms with van der Waals surface area (Å²) in [5, 5.41) is 20.0. The summed E-state index contributed by atoms with van der Waals surface area (Å²) in [7, 11) is 1.76. The van der Waals surface area contributed by atoms with Crippen LogP contribution in [0.2, 0.25) is 0 Å². The average molecular weight is 436 g/mol. The van der Waals surface area contributed by atoms with Crippen molar-refractivity contribution in [1.82, 2.24) is 14.8 Å². The summed E-state index contributed by atoms with van der Waals surface area (Å²) in [6, 6.07) is 5.80. The van der Waals surface area contributed by atoms with Crippen LogP contribution >= 0.6 is 11.3 Å². The predicted octanol–water partition coefficient (Wildman–Crippen LogP) is 3.30. The SMILES string of the molecule is Cn1ncc(NC(O)c2csc(-c3ccccc3F)n2)c1[C@@H]1CC[C@@H](N)[C@@H](F)CO1. The number of hydrogen-bond donors (Lipinski definition) is 3. The van der Waals surface area contributed by atoms with Gasteiger partial charge in [-0.3, -0.25) is 4.68 Å². The van der Waals surface area contributed by atoms with Crippen molar-refractivity contribution in [3.8, 4) is 10.6 Å². The third-order valence-corrected chi connectivity index (χ3v) is 6.07. The predicted molar refractivity (Wildman–Crippen MR) is 110 cm³/mol.